The summed E-state index contributed by atoms with van der Waals surface area (Å²) in [5, 5.41) is 9.94. The molecule has 6 nitrogen and oxygen atoms in total. The number of aryl methyl sites for hydroxylation is 1. The first-order valence-corrected chi connectivity index (χ1v) is 7.77. The highest BCUT2D eigenvalue weighted by molar-refractivity contribution is 5.93. The van der Waals surface area contributed by atoms with Gasteiger partial charge < -0.3 is 9.88 Å². The van der Waals surface area contributed by atoms with E-state index in [0.29, 0.717) is 13.1 Å². The van der Waals surface area contributed by atoms with Gasteiger partial charge >= 0.3 is 0 Å². The highest BCUT2D eigenvalue weighted by Gasteiger charge is 2.18. The third-order valence-electron chi connectivity index (χ3n) is 3.79. The minimum absolute atomic E-state index is 0.0510. The van der Waals surface area contributed by atoms with Crippen LogP contribution in [0.2, 0.25) is 0 Å². The first-order chi connectivity index (χ1) is 10.7. The molecule has 0 unspecified atom stereocenters. The Balaban J connectivity index is 2.12. The molecule has 1 amide bonds. The second-order valence-corrected chi connectivity index (χ2v) is 6.65. The van der Waals surface area contributed by atoms with Gasteiger partial charge in [-0.2, -0.15) is 5.10 Å². The molecule has 6 heteroatoms. The zero-order valence-corrected chi connectivity index (χ0v) is 14.4. The van der Waals surface area contributed by atoms with Gasteiger partial charge in [-0.25, -0.2) is 0 Å². The molecule has 0 fully saturated rings. The number of nitrogens with zero attached hydrogens (tertiary/aromatic N) is 2. The quantitative estimate of drug-likeness (QED) is 0.907. The molecule has 2 heterocycles. The molecule has 0 aliphatic heterocycles. The minimum atomic E-state index is -0.371. The van der Waals surface area contributed by atoms with Gasteiger partial charge in [-0.15, -0.1) is 0 Å². The lowest BCUT2D eigenvalue weighted by Crippen LogP contribution is -2.33. The van der Waals surface area contributed by atoms with Gasteiger partial charge in [0.05, 0.1) is 17.9 Å². The predicted molar refractivity (Wildman–Crippen MR) is 89.6 cm³/mol. The van der Waals surface area contributed by atoms with Crippen LogP contribution in [0.1, 0.15) is 55.1 Å². The van der Waals surface area contributed by atoms with Crippen molar-refractivity contribution in [1.82, 2.24) is 20.1 Å². The van der Waals surface area contributed by atoms with Crippen LogP contribution in [0.5, 0.6) is 0 Å². The van der Waals surface area contributed by atoms with Gasteiger partial charge in [0.2, 0.25) is 0 Å². The van der Waals surface area contributed by atoms with E-state index < -0.39 is 0 Å². The van der Waals surface area contributed by atoms with Crippen LogP contribution in [0.3, 0.4) is 0 Å². The number of H-pyrrole nitrogens is 1. The SMILES string of the molecule is CCn1c(C)ccc(C(=O)NCc2cc(C(C)(C)C)n[nH]2)c1=O. The van der Waals surface area contributed by atoms with Crippen LogP contribution >= 0.6 is 0 Å². The summed E-state index contributed by atoms with van der Waals surface area (Å²) in [6.45, 7) is 10.8. The topological polar surface area (TPSA) is 79.8 Å². The van der Waals surface area contributed by atoms with E-state index in [4.69, 9.17) is 0 Å². The number of aromatic nitrogens is 3. The molecule has 0 saturated heterocycles. The summed E-state index contributed by atoms with van der Waals surface area (Å²) in [7, 11) is 0. The highest BCUT2D eigenvalue weighted by atomic mass is 16.2. The lowest BCUT2D eigenvalue weighted by Gasteiger charge is -2.13. The van der Waals surface area contributed by atoms with Crippen LogP contribution in [0.25, 0.3) is 0 Å². The lowest BCUT2D eigenvalue weighted by atomic mass is 9.92. The molecule has 23 heavy (non-hydrogen) atoms. The van der Waals surface area contributed by atoms with Crippen molar-refractivity contribution in [2.45, 2.75) is 53.1 Å². The fraction of sp³-hybridized carbons (Fsp3) is 0.471. The predicted octanol–water partition coefficient (Wildman–Crippen LogP) is 2.13. The first-order valence-electron chi connectivity index (χ1n) is 7.77. The second-order valence-electron chi connectivity index (χ2n) is 6.65. The van der Waals surface area contributed by atoms with Crippen molar-refractivity contribution in [3.8, 4) is 0 Å². The Morgan fingerprint density at radius 3 is 2.61 bits per heavy atom. The van der Waals surface area contributed by atoms with Crippen molar-refractivity contribution in [1.29, 1.82) is 0 Å². The molecule has 2 aromatic heterocycles. The van der Waals surface area contributed by atoms with Crippen LogP contribution < -0.4 is 10.9 Å². The average Bonchev–Trinajstić information content (AvgIpc) is 2.94. The van der Waals surface area contributed by atoms with E-state index in [2.05, 4.69) is 36.3 Å². The number of aromatic amines is 1. The number of pyridine rings is 1. The summed E-state index contributed by atoms with van der Waals surface area (Å²) in [5.41, 5.74) is 2.44. The van der Waals surface area contributed by atoms with Gasteiger partial charge in [-0.3, -0.25) is 14.7 Å². The normalized spacial score (nSPS) is 11.5. The Labute approximate surface area is 135 Å². The summed E-state index contributed by atoms with van der Waals surface area (Å²) in [4.78, 5) is 24.6. The smallest absolute Gasteiger partial charge is 0.263 e. The molecule has 0 bridgehead atoms. The molecule has 2 aromatic rings. The maximum atomic E-state index is 12.3. The molecule has 0 aliphatic carbocycles. The third-order valence-corrected chi connectivity index (χ3v) is 3.79. The number of amides is 1. The lowest BCUT2D eigenvalue weighted by molar-refractivity contribution is 0.0948. The Morgan fingerprint density at radius 1 is 1.35 bits per heavy atom. The maximum Gasteiger partial charge on any atom is 0.263 e. The Hall–Kier alpha value is -2.37. The largest absolute Gasteiger partial charge is 0.346 e. The monoisotopic (exact) mass is 316 g/mol. The van der Waals surface area contributed by atoms with Crippen molar-refractivity contribution >= 4 is 5.91 Å². The Morgan fingerprint density at radius 2 is 2.04 bits per heavy atom. The molecular formula is C17H24N4O2. The molecule has 0 aromatic carbocycles. The summed E-state index contributed by atoms with van der Waals surface area (Å²) < 4.78 is 1.59. The van der Waals surface area contributed by atoms with E-state index >= 15 is 0 Å². The van der Waals surface area contributed by atoms with Gasteiger partial charge in [0.1, 0.15) is 5.56 Å². The maximum absolute atomic E-state index is 12.3. The zero-order valence-electron chi connectivity index (χ0n) is 14.4. The van der Waals surface area contributed by atoms with Gasteiger partial charge in [0.25, 0.3) is 11.5 Å². The number of hydrogen-bond donors (Lipinski definition) is 2. The Bertz CT molecular complexity index is 766. The minimum Gasteiger partial charge on any atom is -0.346 e. The van der Waals surface area contributed by atoms with Crippen LogP contribution in [0, 0.1) is 6.92 Å². The Kier molecular flexibility index (Phi) is 4.73. The third kappa shape index (κ3) is 3.70. The molecular weight excluding hydrogens is 292 g/mol. The fourth-order valence-corrected chi connectivity index (χ4v) is 2.34. The number of carbonyl (C=O) groups is 1. The van der Waals surface area contributed by atoms with E-state index in [-0.39, 0.29) is 22.4 Å². The van der Waals surface area contributed by atoms with Gasteiger partial charge in [-0.05, 0) is 32.0 Å². The highest BCUT2D eigenvalue weighted by Crippen LogP contribution is 2.20. The van der Waals surface area contributed by atoms with Crippen LogP contribution in [-0.2, 0) is 18.5 Å². The van der Waals surface area contributed by atoms with Crippen molar-refractivity contribution in [3.05, 3.63) is 51.2 Å². The van der Waals surface area contributed by atoms with Crippen LogP contribution in [0.15, 0.2) is 23.0 Å². The van der Waals surface area contributed by atoms with E-state index in [1.165, 1.54) is 0 Å². The molecule has 0 atom stereocenters. The van der Waals surface area contributed by atoms with Crippen molar-refractivity contribution < 1.29 is 4.79 Å². The molecule has 2 N–H and O–H groups in total. The summed E-state index contributed by atoms with van der Waals surface area (Å²) in [6.07, 6.45) is 0. The summed E-state index contributed by atoms with van der Waals surface area (Å²) in [6, 6.07) is 5.29. The molecule has 0 radical (unpaired) electrons. The number of rotatable bonds is 4. The van der Waals surface area contributed by atoms with Crippen LogP contribution in [0.4, 0.5) is 0 Å². The number of hydrogen-bond acceptors (Lipinski definition) is 3. The van der Waals surface area contributed by atoms with Crippen molar-refractivity contribution in [2.24, 2.45) is 0 Å². The van der Waals surface area contributed by atoms with E-state index in [1.807, 2.05) is 19.9 Å². The van der Waals surface area contributed by atoms with E-state index in [0.717, 1.165) is 17.1 Å². The van der Waals surface area contributed by atoms with Crippen molar-refractivity contribution in [2.75, 3.05) is 0 Å². The second kappa shape index (κ2) is 6.40. The van der Waals surface area contributed by atoms with Crippen LogP contribution in [-0.4, -0.2) is 20.7 Å². The number of nitrogens with one attached hydrogen (secondary N) is 2. The molecule has 0 aliphatic rings. The zero-order chi connectivity index (χ0) is 17.2. The van der Waals surface area contributed by atoms with E-state index in [1.54, 1.807) is 16.7 Å². The van der Waals surface area contributed by atoms with Crippen molar-refractivity contribution in [3.63, 3.8) is 0 Å². The number of carbonyl (C=O) groups excluding carboxylic acids is 1. The standard InChI is InChI=1S/C17H24N4O2/c1-6-21-11(2)7-8-13(16(21)23)15(22)18-10-12-9-14(20-19-12)17(3,4)5/h7-9H,6,10H2,1-5H3,(H,18,22)(H,19,20). The summed E-state index contributed by atoms with van der Waals surface area (Å²) >= 11 is 0. The molecule has 2 rings (SSSR count). The van der Waals surface area contributed by atoms with Gasteiger partial charge in [0, 0.05) is 17.7 Å². The summed E-state index contributed by atoms with van der Waals surface area (Å²) in [5.74, 6) is -0.371. The van der Waals surface area contributed by atoms with Gasteiger partial charge in [-0.1, -0.05) is 20.8 Å². The average molecular weight is 316 g/mol. The van der Waals surface area contributed by atoms with E-state index in [9.17, 15) is 9.59 Å². The molecule has 124 valence electrons. The van der Waals surface area contributed by atoms with Gasteiger partial charge in [0.15, 0.2) is 0 Å². The fourth-order valence-electron chi connectivity index (χ4n) is 2.34. The first kappa shape index (κ1) is 17.0. The molecule has 0 spiro atoms. The molecule has 0 saturated carbocycles.